The van der Waals surface area contributed by atoms with Crippen molar-refractivity contribution in [2.45, 2.75) is 45.7 Å². The van der Waals surface area contributed by atoms with Crippen LogP contribution in [0.2, 0.25) is 10.0 Å². The quantitative estimate of drug-likeness (QED) is 0.560. The number of nitrogens with zero attached hydrogens (tertiary/aromatic N) is 1. The van der Waals surface area contributed by atoms with Crippen LogP contribution in [0.1, 0.15) is 44.0 Å². The molecule has 0 bridgehead atoms. The maximum Gasteiger partial charge on any atom is 0.253 e. The number of amides is 2. The molecule has 1 fully saturated rings. The number of benzene rings is 1. The number of thioether (sulfide) groups is 1. The lowest BCUT2D eigenvalue weighted by molar-refractivity contribution is -0.123. The molecule has 0 aliphatic carbocycles. The fourth-order valence-corrected chi connectivity index (χ4v) is 5.10. The number of hydrogen-bond donors (Lipinski definition) is 2. The molecular weight excluding hydrogens is 441 g/mol. The van der Waals surface area contributed by atoms with Crippen LogP contribution >= 0.6 is 35.0 Å². The van der Waals surface area contributed by atoms with Gasteiger partial charge in [0.1, 0.15) is 6.04 Å². The Hall–Kier alpha value is -0.950. The van der Waals surface area contributed by atoms with Crippen LogP contribution in [0, 0.1) is 11.8 Å². The molecule has 1 aliphatic heterocycles. The van der Waals surface area contributed by atoms with Crippen molar-refractivity contribution in [2.75, 3.05) is 31.6 Å². The Balaban J connectivity index is 1.97. The smallest absolute Gasteiger partial charge is 0.253 e. The van der Waals surface area contributed by atoms with Gasteiger partial charge in [-0.1, -0.05) is 37.0 Å². The standard InChI is InChI=1S/C22H33Cl2N3O2S/c1-14-9-15(2)12-27(11-14)13-16(3)25-22(29)20(7-8-30-4)26-21(28)18-6-5-17(23)10-19(18)24/h5-6,10,14-16,20H,7-9,11-13H2,1-4H3,(H,25,29)(H,26,28). The van der Waals surface area contributed by atoms with E-state index in [0.29, 0.717) is 28.8 Å². The van der Waals surface area contributed by atoms with E-state index >= 15 is 0 Å². The monoisotopic (exact) mass is 473 g/mol. The van der Waals surface area contributed by atoms with Gasteiger partial charge in [0.05, 0.1) is 10.6 Å². The predicted molar refractivity (Wildman–Crippen MR) is 128 cm³/mol. The molecule has 30 heavy (non-hydrogen) atoms. The molecule has 168 valence electrons. The number of hydrogen-bond acceptors (Lipinski definition) is 4. The molecule has 4 unspecified atom stereocenters. The van der Waals surface area contributed by atoms with Crippen LogP contribution in [-0.2, 0) is 4.79 Å². The average molecular weight is 474 g/mol. The van der Waals surface area contributed by atoms with E-state index in [4.69, 9.17) is 23.2 Å². The number of carbonyl (C=O) groups is 2. The maximum atomic E-state index is 12.9. The third-order valence-electron chi connectivity index (χ3n) is 5.27. The summed E-state index contributed by atoms with van der Waals surface area (Å²) >= 11 is 13.7. The van der Waals surface area contributed by atoms with Crippen molar-refractivity contribution >= 4 is 46.8 Å². The molecule has 5 nitrogen and oxygen atoms in total. The minimum absolute atomic E-state index is 0.00259. The van der Waals surface area contributed by atoms with Gasteiger partial charge >= 0.3 is 0 Å². The van der Waals surface area contributed by atoms with Crippen LogP contribution < -0.4 is 10.6 Å². The lowest BCUT2D eigenvalue weighted by Crippen LogP contribution is -2.52. The van der Waals surface area contributed by atoms with Crippen LogP contribution in [0.15, 0.2) is 18.2 Å². The fraction of sp³-hybridized carbons (Fsp3) is 0.636. The summed E-state index contributed by atoms with van der Waals surface area (Å²) < 4.78 is 0. The van der Waals surface area contributed by atoms with Crippen LogP contribution in [0.3, 0.4) is 0 Å². The van der Waals surface area contributed by atoms with Crippen LogP contribution in [0.4, 0.5) is 0 Å². The third-order valence-corrected chi connectivity index (χ3v) is 6.47. The Morgan fingerprint density at radius 1 is 1.20 bits per heavy atom. The highest BCUT2D eigenvalue weighted by molar-refractivity contribution is 7.98. The lowest BCUT2D eigenvalue weighted by atomic mass is 9.92. The van der Waals surface area contributed by atoms with Gasteiger partial charge in [0.15, 0.2) is 0 Å². The summed E-state index contributed by atoms with van der Waals surface area (Å²) in [7, 11) is 0. The zero-order chi connectivity index (χ0) is 22.3. The van der Waals surface area contributed by atoms with Gasteiger partial charge in [-0.3, -0.25) is 9.59 Å². The number of likely N-dealkylation sites (tertiary alicyclic amines) is 1. The van der Waals surface area contributed by atoms with E-state index in [1.54, 1.807) is 23.9 Å². The zero-order valence-corrected chi connectivity index (χ0v) is 20.5. The first kappa shape index (κ1) is 25.3. The largest absolute Gasteiger partial charge is 0.351 e. The molecule has 0 spiro atoms. The fourth-order valence-electron chi connectivity index (χ4n) is 4.13. The molecule has 1 heterocycles. The van der Waals surface area contributed by atoms with Crippen LogP contribution in [-0.4, -0.2) is 60.4 Å². The van der Waals surface area contributed by atoms with Crippen LogP contribution in [0.5, 0.6) is 0 Å². The van der Waals surface area contributed by atoms with Gasteiger partial charge in [-0.25, -0.2) is 0 Å². The molecule has 2 rings (SSSR count). The van der Waals surface area contributed by atoms with Gasteiger partial charge in [0, 0.05) is 30.7 Å². The number of piperidine rings is 1. The van der Waals surface area contributed by atoms with E-state index in [1.165, 1.54) is 12.5 Å². The van der Waals surface area contributed by atoms with E-state index in [2.05, 4.69) is 29.4 Å². The lowest BCUT2D eigenvalue weighted by Gasteiger charge is -2.36. The predicted octanol–water partition coefficient (Wildman–Crippen LogP) is 4.33. The van der Waals surface area contributed by atoms with Crippen molar-refractivity contribution in [2.24, 2.45) is 11.8 Å². The summed E-state index contributed by atoms with van der Waals surface area (Å²) in [5, 5.41) is 6.66. The highest BCUT2D eigenvalue weighted by Gasteiger charge is 2.26. The number of rotatable bonds is 9. The highest BCUT2D eigenvalue weighted by Crippen LogP contribution is 2.22. The van der Waals surface area contributed by atoms with Gasteiger partial charge < -0.3 is 15.5 Å². The minimum Gasteiger partial charge on any atom is -0.351 e. The van der Waals surface area contributed by atoms with Crippen LogP contribution in [0.25, 0.3) is 0 Å². The molecule has 1 saturated heterocycles. The second-order valence-electron chi connectivity index (χ2n) is 8.51. The first-order valence-electron chi connectivity index (χ1n) is 10.5. The normalized spacial score (nSPS) is 21.7. The van der Waals surface area contributed by atoms with Crippen molar-refractivity contribution < 1.29 is 9.59 Å². The molecule has 4 atom stereocenters. The molecule has 1 aromatic rings. The van der Waals surface area contributed by atoms with E-state index in [9.17, 15) is 9.59 Å². The van der Waals surface area contributed by atoms with Crippen molar-refractivity contribution in [3.63, 3.8) is 0 Å². The van der Waals surface area contributed by atoms with Gasteiger partial charge in [0.25, 0.3) is 5.91 Å². The molecule has 0 saturated carbocycles. The topological polar surface area (TPSA) is 61.4 Å². The van der Waals surface area contributed by atoms with Crippen molar-refractivity contribution in [1.29, 1.82) is 0 Å². The second-order valence-corrected chi connectivity index (χ2v) is 10.3. The number of halogens is 2. The van der Waals surface area contributed by atoms with E-state index in [1.807, 2.05) is 13.2 Å². The Bertz CT molecular complexity index is 724. The summed E-state index contributed by atoms with van der Waals surface area (Å²) in [5.74, 6) is 1.59. The molecule has 1 aliphatic rings. The van der Waals surface area contributed by atoms with Gasteiger partial charge in [0.2, 0.25) is 5.91 Å². The summed E-state index contributed by atoms with van der Waals surface area (Å²) in [5.41, 5.74) is 0.312. The van der Waals surface area contributed by atoms with E-state index < -0.39 is 6.04 Å². The Labute approximate surface area is 194 Å². The molecule has 2 N–H and O–H groups in total. The van der Waals surface area contributed by atoms with Crippen molar-refractivity contribution in [3.05, 3.63) is 33.8 Å². The second kappa shape index (κ2) is 12.2. The Morgan fingerprint density at radius 3 is 2.47 bits per heavy atom. The molecule has 2 amide bonds. The molecular formula is C22H33Cl2N3O2S. The van der Waals surface area contributed by atoms with Crippen molar-refractivity contribution in [1.82, 2.24) is 15.5 Å². The molecule has 8 heteroatoms. The average Bonchev–Trinajstić information content (AvgIpc) is 2.63. The summed E-state index contributed by atoms with van der Waals surface area (Å²) in [4.78, 5) is 28.0. The summed E-state index contributed by atoms with van der Waals surface area (Å²) in [6, 6.07) is 4.10. The minimum atomic E-state index is -0.613. The van der Waals surface area contributed by atoms with Crippen molar-refractivity contribution in [3.8, 4) is 0 Å². The highest BCUT2D eigenvalue weighted by atomic mass is 35.5. The molecule has 0 aromatic heterocycles. The number of nitrogens with one attached hydrogen (secondary N) is 2. The van der Waals surface area contributed by atoms with Gasteiger partial charge in [-0.05, 0) is 61.8 Å². The number of carbonyl (C=O) groups excluding carboxylic acids is 2. The Kier molecular flexibility index (Phi) is 10.3. The molecule has 1 aromatic carbocycles. The van der Waals surface area contributed by atoms with Gasteiger partial charge in [-0.2, -0.15) is 11.8 Å². The summed E-state index contributed by atoms with van der Waals surface area (Å²) in [6.07, 6.45) is 3.79. The van der Waals surface area contributed by atoms with Gasteiger partial charge in [-0.15, -0.1) is 0 Å². The first-order valence-corrected chi connectivity index (χ1v) is 12.6. The SMILES string of the molecule is CSCCC(NC(=O)c1ccc(Cl)cc1Cl)C(=O)NC(C)CN1CC(C)CC(C)C1. The molecule has 0 radical (unpaired) electrons. The Morgan fingerprint density at radius 2 is 1.87 bits per heavy atom. The first-order chi connectivity index (χ1) is 14.2. The maximum absolute atomic E-state index is 12.9. The van der Waals surface area contributed by atoms with E-state index in [-0.39, 0.29) is 22.9 Å². The zero-order valence-electron chi connectivity index (χ0n) is 18.2. The third kappa shape index (κ3) is 7.95. The van der Waals surface area contributed by atoms with E-state index in [0.717, 1.165) is 25.4 Å². The summed E-state index contributed by atoms with van der Waals surface area (Å²) in [6.45, 7) is 9.51.